The predicted octanol–water partition coefficient (Wildman–Crippen LogP) is 5.41. The molecule has 0 saturated carbocycles. The first-order chi connectivity index (χ1) is 17.6. The van der Waals surface area contributed by atoms with Crippen LogP contribution in [0.3, 0.4) is 0 Å². The molecule has 188 valence electrons. The monoisotopic (exact) mass is 514 g/mol. The van der Waals surface area contributed by atoms with Crippen molar-refractivity contribution in [2.45, 2.75) is 39.2 Å². The van der Waals surface area contributed by atoms with Crippen molar-refractivity contribution in [2.75, 3.05) is 6.54 Å². The number of carbonyl (C=O) groups is 2. The van der Waals surface area contributed by atoms with Crippen molar-refractivity contribution in [3.63, 3.8) is 0 Å². The average Bonchev–Trinajstić information content (AvgIpc) is 3.27. The number of nitrogens with zero attached hydrogens (tertiary/aromatic N) is 3. The number of esters is 1. The fraction of sp³-hybridized carbons (Fsp3) is 0.241. The molecule has 8 heteroatoms. The molecule has 0 unspecified atom stereocenters. The van der Waals surface area contributed by atoms with E-state index in [0.29, 0.717) is 40.4 Å². The first kappa shape index (κ1) is 25.9. The van der Waals surface area contributed by atoms with Crippen LogP contribution in [0.15, 0.2) is 66.9 Å². The Hall–Kier alpha value is -4.15. The third kappa shape index (κ3) is 6.54. The molecule has 0 spiro atoms. The minimum absolute atomic E-state index is 0.0720. The normalized spacial score (nSPS) is 11.2. The Morgan fingerprint density at radius 2 is 1.78 bits per heavy atom. The molecule has 0 radical (unpaired) electrons. The number of rotatable bonds is 7. The maximum Gasteiger partial charge on any atom is 0.310 e. The van der Waals surface area contributed by atoms with Crippen LogP contribution in [0.4, 0.5) is 0 Å². The van der Waals surface area contributed by atoms with Gasteiger partial charge in [-0.25, -0.2) is 4.68 Å². The van der Waals surface area contributed by atoms with Crippen LogP contribution >= 0.6 is 11.6 Å². The van der Waals surface area contributed by atoms with Gasteiger partial charge in [-0.3, -0.25) is 9.59 Å². The van der Waals surface area contributed by atoms with Gasteiger partial charge in [0, 0.05) is 22.5 Å². The van der Waals surface area contributed by atoms with Gasteiger partial charge < -0.3 is 10.1 Å². The highest BCUT2D eigenvalue weighted by atomic mass is 35.5. The Kier molecular flexibility index (Phi) is 7.61. The summed E-state index contributed by atoms with van der Waals surface area (Å²) in [6, 6.07) is 20.3. The zero-order chi connectivity index (χ0) is 26.6. The Bertz CT molecular complexity index is 1490. The minimum Gasteiger partial charge on any atom is -0.460 e. The zero-order valence-electron chi connectivity index (χ0n) is 20.9. The summed E-state index contributed by atoms with van der Waals surface area (Å²) in [4.78, 5) is 24.9. The molecular weight excluding hydrogens is 488 g/mol. The van der Waals surface area contributed by atoms with Crippen molar-refractivity contribution in [3.05, 3.63) is 94.1 Å². The van der Waals surface area contributed by atoms with Crippen molar-refractivity contribution < 1.29 is 14.3 Å². The van der Waals surface area contributed by atoms with Gasteiger partial charge in [0.25, 0.3) is 5.91 Å². The van der Waals surface area contributed by atoms with Crippen LogP contribution in [0.25, 0.3) is 16.6 Å². The summed E-state index contributed by atoms with van der Waals surface area (Å²) in [7, 11) is 0. The molecule has 0 atom stereocenters. The van der Waals surface area contributed by atoms with E-state index in [1.54, 1.807) is 41.2 Å². The number of nitrogens with one attached hydrogen (secondary N) is 1. The number of benzene rings is 3. The molecule has 1 heterocycles. The molecule has 0 bridgehead atoms. The van der Waals surface area contributed by atoms with Crippen molar-refractivity contribution >= 4 is 34.4 Å². The van der Waals surface area contributed by atoms with Crippen molar-refractivity contribution in [3.8, 4) is 11.8 Å². The third-order valence-corrected chi connectivity index (χ3v) is 5.87. The smallest absolute Gasteiger partial charge is 0.310 e. The molecular formula is C29H27ClN4O3. The summed E-state index contributed by atoms with van der Waals surface area (Å²) in [6.45, 7) is 5.94. The number of hydrogen-bond donors (Lipinski definition) is 1. The van der Waals surface area contributed by atoms with Crippen LogP contribution < -0.4 is 5.32 Å². The molecule has 4 rings (SSSR count). The van der Waals surface area contributed by atoms with E-state index in [1.165, 1.54) is 0 Å². The number of hydrogen-bond acceptors (Lipinski definition) is 5. The number of fused-ring (bicyclic) bond motifs is 1. The topological polar surface area (TPSA) is 97.0 Å². The Balaban J connectivity index is 1.48. The van der Waals surface area contributed by atoms with E-state index in [4.69, 9.17) is 16.3 Å². The summed E-state index contributed by atoms with van der Waals surface area (Å²) in [6.07, 6.45) is 2.43. The molecule has 1 aromatic heterocycles. The van der Waals surface area contributed by atoms with Crippen molar-refractivity contribution in [2.24, 2.45) is 0 Å². The number of ether oxygens (including phenoxy) is 1. The van der Waals surface area contributed by atoms with Crippen LogP contribution in [0.1, 0.15) is 47.8 Å². The van der Waals surface area contributed by atoms with E-state index in [9.17, 15) is 14.9 Å². The summed E-state index contributed by atoms with van der Waals surface area (Å²) >= 11 is 5.92. The maximum absolute atomic E-state index is 12.7. The van der Waals surface area contributed by atoms with Crippen LogP contribution in [0.2, 0.25) is 5.02 Å². The second kappa shape index (κ2) is 10.9. The van der Waals surface area contributed by atoms with Gasteiger partial charge in [0.15, 0.2) is 0 Å². The SMILES string of the molecule is CC(C)(C)OC(=O)Cc1ccc(-n2ncc3cc(C(=O)NCCc4ccc(Cl)cc4)ccc32)c(C#N)c1. The number of aromatic nitrogens is 2. The second-order valence-electron chi connectivity index (χ2n) is 9.69. The first-order valence-corrected chi connectivity index (χ1v) is 12.3. The first-order valence-electron chi connectivity index (χ1n) is 11.9. The average molecular weight is 515 g/mol. The quantitative estimate of drug-likeness (QED) is 0.333. The minimum atomic E-state index is -0.574. The van der Waals surface area contributed by atoms with Gasteiger partial charge in [0.2, 0.25) is 0 Å². The molecule has 3 aromatic carbocycles. The lowest BCUT2D eigenvalue weighted by molar-refractivity contribution is -0.153. The molecule has 0 aliphatic carbocycles. The highest BCUT2D eigenvalue weighted by Crippen LogP contribution is 2.23. The Labute approximate surface area is 220 Å². The Morgan fingerprint density at radius 3 is 2.49 bits per heavy atom. The molecule has 7 nitrogen and oxygen atoms in total. The van der Waals surface area contributed by atoms with Crippen LogP contribution in [-0.4, -0.2) is 33.8 Å². The Morgan fingerprint density at radius 1 is 1.05 bits per heavy atom. The van der Waals surface area contributed by atoms with E-state index in [0.717, 1.165) is 16.5 Å². The van der Waals surface area contributed by atoms with Gasteiger partial charge in [0.1, 0.15) is 11.7 Å². The lowest BCUT2D eigenvalue weighted by Crippen LogP contribution is -2.25. The molecule has 4 aromatic rings. The van der Waals surface area contributed by atoms with Gasteiger partial charge in [-0.2, -0.15) is 10.4 Å². The predicted molar refractivity (Wildman–Crippen MR) is 143 cm³/mol. The molecule has 37 heavy (non-hydrogen) atoms. The molecule has 0 saturated heterocycles. The maximum atomic E-state index is 12.7. The van der Waals surface area contributed by atoms with Gasteiger partial charge in [-0.05, 0) is 80.8 Å². The van der Waals surface area contributed by atoms with E-state index in [1.807, 2.05) is 51.1 Å². The van der Waals surface area contributed by atoms with Crippen LogP contribution in [0, 0.1) is 11.3 Å². The van der Waals surface area contributed by atoms with E-state index >= 15 is 0 Å². The van der Waals surface area contributed by atoms with E-state index < -0.39 is 5.60 Å². The highest BCUT2D eigenvalue weighted by Gasteiger charge is 2.18. The number of amides is 1. The van der Waals surface area contributed by atoms with Crippen LogP contribution in [-0.2, 0) is 22.4 Å². The van der Waals surface area contributed by atoms with E-state index in [-0.39, 0.29) is 18.3 Å². The van der Waals surface area contributed by atoms with E-state index in [2.05, 4.69) is 16.5 Å². The zero-order valence-corrected chi connectivity index (χ0v) is 21.7. The summed E-state index contributed by atoms with van der Waals surface area (Å²) in [5.41, 5.74) is 3.46. The van der Waals surface area contributed by atoms with Gasteiger partial charge in [0.05, 0.1) is 29.4 Å². The fourth-order valence-corrected chi connectivity index (χ4v) is 4.08. The van der Waals surface area contributed by atoms with Crippen molar-refractivity contribution in [1.29, 1.82) is 5.26 Å². The fourth-order valence-electron chi connectivity index (χ4n) is 3.95. The molecule has 0 aliphatic rings. The standard InChI is InChI=1S/C29H27ClN4O3/c1-29(2,3)37-27(35)15-20-6-10-25(22(14-20)17-31)34-26-11-7-21(16-23(26)18-33-34)28(36)32-13-12-19-4-8-24(30)9-5-19/h4-11,14,16,18H,12-13,15H2,1-3H3,(H,32,36). The highest BCUT2D eigenvalue weighted by molar-refractivity contribution is 6.30. The molecule has 0 aliphatic heterocycles. The lowest BCUT2D eigenvalue weighted by atomic mass is 10.1. The number of nitriles is 1. The summed E-state index contributed by atoms with van der Waals surface area (Å²) < 4.78 is 7.04. The number of halogens is 1. The summed E-state index contributed by atoms with van der Waals surface area (Å²) in [5, 5.41) is 18.6. The second-order valence-corrected chi connectivity index (χ2v) is 10.1. The lowest BCUT2D eigenvalue weighted by Gasteiger charge is -2.19. The number of carbonyl (C=O) groups excluding carboxylic acids is 2. The third-order valence-electron chi connectivity index (χ3n) is 5.62. The molecule has 1 amide bonds. The van der Waals surface area contributed by atoms with Crippen LogP contribution in [0.5, 0.6) is 0 Å². The largest absolute Gasteiger partial charge is 0.460 e. The molecule has 1 N–H and O–H groups in total. The molecule has 0 fully saturated rings. The van der Waals surface area contributed by atoms with Gasteiger partial charge >= 0.3 is 5.97 Å². The van der Waals surface area contributed by atoms with Gasteiger partial charge in [-0.1, -0.05) is 29.8 Å². The van der Waals surface area contributed by atoms with Crippen molar-refractivity contribution in [1.82, 2.24) is 15.1 Å². The van der Waals surface area contributed by atoms with Gasteiger partial charge in [-0.15, -0.1) is 0 Å². The summed E-state index contributed by atoms with van der Waals surface area (Å²) in [5.74, 6) is -0.527.